The third kappa shape index (κ3) is 2.12. The Bertz CT molecular complexity index is 445. The van der Waals surface area contributed by atoms with Crippen LogP contribution in [0.4, 0.5) is 5.69 Å². The highest BCUT2D eigenvalue weighted by atomic mass is 16.5. The summed E-state index contributed by atoms with van der Waals surface area (Å²) in [5.41, 5.74) is 3.38. The Balaban J connectivity index is 2.21. The Morgan fingerprint density at radius 1 is 1.56 bits per heavy atom. The van der Waals surface area contributed by atoms with E-state index in [-0.39, 0.29) is 24.8 Å². The fourth-order valence-corrected chi connectivity index (χ4v) is 1.48. The standard InChI is InChI=1S/C10H11N3O3/c11-13-9(14)4-6-1-2-8-7(3-6)12-10(15)5-16-8/h1-3H,4-5,11H2,(H,12,15)(H,13,14). The molecule has 0 radical (unpaired) electrons. The number of hydrazine groups is 1. The zero-order chi connectivity index (χ0) is 11.5. The maximum absolute atomic E-state index is 11.1. The van der Waals surface area contributed by atoms with E-state index in [9.17, 15) is 9.59 Å². The molecule has 1 aliphatic heterocycles. The molecule has 0 fully saturated rings. The lowest BCUT2D eigenvalue weighted by Gasteiger charge is -2.18. The molecule has 6 nitrogen and oxygen atoms in total. The molecule has 0 atom stereocenters. The topological polar surface area (TPSA) is 93.5 Å². The van der Waals surface area contributed by atoms with Crippen LogP contribution in [0.1, 0.15) is 5.56 Å². The number of benzene rings is 1. The zero-order valence-electron chi connectivity index (χ0n) is 8.45. The first kappa shape index (κ1) is 10.4. The van der Waals surface area contributed by atoms with E-state index >= 15 is 0 Å². The number of nitrogens with one attached hydrogen (secondary N) is 2. The van der Waals surface area contributed by atoms with Gasteiger partial charge >= 0.3 is 0 Å². The third-order valence-electron chi connectivity index (χ3n) is 2.20. The molecule has 1 aromatic carbocycles. The summed E-state index contributed by atoms with van der Waals surface area (Å²) in [6, 6.07) is 5.17. The van der Waals surface area contributed by atoms with Gasteiger partial charge < -0.3 is 10.1 Å². The summed E-state index contributed by atoms with van der Waals surface area (Å²) in [5, 5.41) is 2.66. The molecule has 2 rings (SSSR count). The van der Waals surface area contributed by atoms with Gasteiger partial charge in [-0.2, -0.15) is 0 Å². The Hall–Kier alpha value is -2.08. The second-order valence-electron chi connectivity index (χ2n) is 3.41. The van der Waals surface area contributed by atoms with Gasteiger partial charge in [-0.25, -0.2) is 5.84 Å². The van der Waals surface area contributed by atoms with Crippen molar-refractivity contribution < 1.29 is 14.3 Å². The molecule has 2 amide bonds. The largest absolute Gasteiger partial charge is 0.482 e. The lowest BCUT2D eigenvalue weighted by atomic mass is 10.1. The van der Waals surface area contributed by atoms with Crippen LogP contribution >= 0.6 is 0 Å². The van der Waals surface area contributed by atoms with Crippen molar-refractivity contribution in [3.8, 4) is 5.75 Å². The summed E-state index contributed by atoms with van der Waals surface area (Å²) < 4.78 is 5.18. The zero-order valence-corrected chi connectivity index (χ0v) is 8.45. The summed E-state index contributed by atoms with van der Waals surface area (Å²) in [4.78, 5) is 22.1. The van der Waals surface area contributed by atoms with Crippen molar-refractivity contribution in [2.24, 2.45) is 5.84 Å². The molecule has 0 unspecified atom stereocenters. The Morgan fingerprint density at radius 3 is 3.12 bits per heavy atom. The van der Waals surface area contributed by atoms with E-state index in [0.29, 0.717) is 11.4 Å². The van der Waals surface area contributed by atoms with Crippen molar-refractivity contribution >= 4 is 17.5 Å². The minimum Gasteiger partial charge on any atom is -0.482 e. The highest BCUT2D eigenvalue weighted by molar-refractivity contribution is 5.95. The predicted molar refractivity (Wildman–Crippen MR) is 56.6 cm³/mol. The van der Waals surface area contributed by atoms with Gasteiger partial charge in [0.15, 0.2) is 6.61 Å². The minimum atomic E-state index is -0.289. The molecule has 0 aromatic heterocycles. The number of carbonyl (C=O) groups is 2. The molecule has 84 valence electrons. The fraction of sp³-hybridized carbons (Fsp3) is 0.200. The maximum atomic E-state index is 11.1. The molecule has 16 heavy (non-hydrogen) atoms. The van der Waals surface area contributed by atoms with Crippen molar-refractivity contribution in [1.82, 2.24) is 5.43 Å². The van der Waals surface area contributed by atoms with Gasteiger partial charge in [-0.3, -0.25) is 15.0 Å². The van der Waals surface area contributed by atoms with E-state index in [0.717, 1.165) is 5.56 Å². The number of ether oxygens (including phenoxy) is 1. The van der Waals surface area contributed by atoms with E-state index in [2.05, 4.69) is 5.32 Å². The van der Waals surface area contributed by atoms with Crippen molar-refractivity contribution in [3.63, 3.8) is 0 Å². The SMILES string of the molecule is NNC(=O)Cc1ccc2c(c1)NC(=O)CO2. The molecule has 4 N–H and O–H groups in total. The molecule has 0 aliphatic carbocycles. The first-order chi connectivity index (χ1) is 7.69. The van der Waals surface area contributed by atoms with Gasteiger partial charge in [0, 0.05) is 0 Å². The number of fused-ring (bicyclic) bond motifs is 1. The molecule has 1 aliphatic rings. The molecule has 0 saturated heterocycles. The average molecular weight is 221 g/mol. The predicted octanol–water partition coefficient (Wildman–Crippen LogP) is -0.450. The normalized spacial score (nSPS) is 13.4. The van der Waals surface area contributed by atoms with Crippen LogP contribution in [-0.4, -0.2) is 18.4 Å². The minimum absolute atomic E-state index is 0.0234. The Labute approximate surface area is 91.7 Å². The van der Waals surface area contributed by atoms with Crippen molar-refractivity contribution in [2.75, 3.05) is 11.9 Å². The van der Waals surface area contributed by atoms with Crippen molar-refractivity contribution in [3.05, 3.63) is 23.8 Å². The van der Waals surface area contributed by atoms with Gasteiger partial charge in [-0.15, -0.1) is 0 Å². The highest BCUT2D eigenvalue weighted by Gasteiger charge is 2.16. The van der Waals surface area contributed by atoms with E-state index in [1.54, 1.807) is 18.2 Å². The van der Waals surface area contributed by atoms with E-state index < -0.39 is 0 Å². The number of nitrogens with two attached hydrogens (primary N) is 1. The summed E-state index contributed by atoms with van der Waals surface area (Å²) >= 11 is 0. The molecule has 1 aromatic rings. The van der Waals surface area contributed by atoms with Crippen LogP contribution in [0.3, 0.4) is 0 Å². The van der Waals surface area contributed by atoms with Crippen LogP contribution in [0, 0.1) is 0 Å². The van der Waals surface area contributed by atoms with Crippen LogP contribution in [-0.2, 0) is 16.0 Å². The average Bonchev–Trinajstić information content (AvgIpc) is 2.28. The molecular weight excluding hydrogens is 210 g/mol. The Morgan fingerprint density at radius 2 is 2.38 bits per heavy atom. The molecule has 0 bridgehead atoms. The van der Waals surface area contributed by atoms with Gasteiger partial charge in [0.2, 0.25) is 5.91 Å². The third-order valence-corrected chi connectivity index (χ3v) is 2.20. The quantitative estimate of drug-likeness (QED) is 0.358. The van der Waals surface area contributed by atoms with Crippen LogP contribution in [0.5, 0.6) is 5.75 Å². The number of hydrogen-bond donors (Lipinski definition) is 3. The number of anilines is 1. The lowest BCUT2D eigenvalue weighted by Crippen LogP contribution is -2.31. The van der Waals surface area contributed by atoms with Crippen LogP contribution in [0.15, 0.2) is 18.2 Å². The summed E-state index contributed by atoms with van der Waals surface area (Å²) in [6.45, 7) is 0.0234. The summed E-state index contributed by atoms with van der Waals surface area (Å²) in [6.07, 6.45) is 0.166. The molecule has 0 saturated carbocycles. The molecule has 6 heteroatoms. The Kier molecular flexibility index (Phi) is 2.74. The van der Waals surface area contributed by atoms with E-state index in [1.807, 2.05) is 5.43 Å². The number of rotatable bonds is 2. The van der Waals surface area contributed by atoms with Gasteiger partial charge in [0.1, 0.15) is 5.75 Å². The second-order valence-corrected chi connectivity index (χ2v) is 3.41. The van der Waals surface area contributed by atoms with Crippen LogP contribution in [0.25, 0.3) is 0 Å². The summed E-state index contributed by atoms with van der Waals surface area (Å²) in [7, 11) is 0. The maximum Gasteiger partial charge on any atom is 0.262 e. The van der Waals surface area contributed by atoms with Crippen molar-refractivity contribution in [2.45, 2.75) is 6.42 Å². The van der Waals surface area contributed by atoms with Gasteiger partial charge in [-0.1, -0.05) is 6.07 Å². The molecular formula is C10H11N3O3. The fourth-order valence-electron chi connectivity index (χ4n) is 1.48. The highest BCUT2D eigenvalue weighted by Crippen LogP contribution is 2.28. The monoisotopic (exact) mass is 221 g/mol. The van der Waals surface area contributed by atoms with E-state index in [1.165, 1.54) is 0 Å². The van der Waals surface area contributed by atoms with Gasteiger partial charge in [-0.05, 0) is 17.7 Å². The van der Waals surface area contributed by atoms with Gasteiger partial charge in [0.25, 0.3) is 5.91 Å². The second kappa shape index (κ2) is 4.19. The molecule has 1 heterocycles. The number of amides is 2. The smallest absolute Gasteiger partial charge is 0.262 e. The van der Waals surface area contributed by atoms with E-state index in [4.69, 9.17) is 10.6 Å². The van der Waals surface area contributed by atoms with Crippen molar-refractivity contribution in [1.29, 1.82) is 0 Å². The first-order valence-corrected chi connectivity index (χ1v) is 4.74. The number of carbonyl (C=O) groups excluding carboxylic acids is 2. The summed E-state index contributed by atoms with van der Waals surface area (Å²) in [5.74, 6) is 5.10. The van der Waals surface area contributed by atoms with Gasteiger partial charge in [0.05, 0.1) is 12.1 Å². The van der Waals surface area contributed by atoms with Crippen LogP contribution < -0.4 is 21.3 Å². The lowest BCUT2D eigenvalue weighted by molar-refractivity contribution is -0.120. The first-order valence-electron chi connectivity index (χ1n) is 4.74. The molecule has 0 spiro atoms. The number of hydrogen-bond acceptors (Lipinski definition) is 4. The van der Waals surface area contributed by atoms with Crippen LogP contribution in [0.2, 0.25) is 0 Å².